The molecule has 0 atom stereocenters. The zero-order valence-electron chi connectivity index (χ0n) is 17.3. The van der Waals surface area contributed by atoms with E-state index in [1.54, 1.807) is 18.9 Å². The number of benzene rings is 1. The van der Waals surface area contributed by atoms with Crippen molar-refractivity contribution in [2.75, 3.05) is 25.5 Å². The molecule has 8 heteroatoms. The lowest BCUT2D eigenvalue weighted by Crippen LogP contribution is -2.56. The number of hydrogen-bond acceptors (Lipinski definition) is 7. The van der Waals surface area contributed by atoms with Crippen molar-refractivity contribution >= 4 is 22.8 Å². The molecule has 1 aliphatic carbocycles. The number of anilines is 1. The summed E-state index contributed by atoms with van der Waals surface area (Å²) in [4.78, 5) is 23.6. The summed E-state index contributed by atoms with van der Waals surface area (Å²) in [6, 6.07) is 7.51. The first-order valence-corrected chi connectivity index (χ1v) is 10.1. The predicted octanol–water partition coefficient (Wildman–Crippen LogP) is 3.41. The fourth-order valence-electron chi connectivity index (χ4n) is 3.73. The third-order valence-corrected chi connectivity index (χ3v) is 5.80. The van der Waals surface area contributed by atoms with Gasteiger partial charge in [-0.05, 0) is 38.8 Å². The van der Waals surface area contributed by atoms with Gasteiger partial charge in [-0.3, -0.25) is 4.79 Å². The molecule has 1 aliphatic heterocycles. The van der Waals surface area contributed by atoms with Gasteiger partial charge in [-0.1, -0.05) is 12.1 Å². The molecule has 2 fully saturated rings. The number of likely N-dealkylation sites (tertiary alicyclic amines) is 1. The van der Waals surface area contributed by atoms with E-state index >= 15 is 0 Å². The summed E-state index contributed by atoms with van der Waals surface area (Å²) in [7, 11) is 1.61. The van der Waals surface area contributed by atoms with Gasteiger partial charge in [0.1, 0.15) is 24.0 Å². The number of nitrogens with one attached hydrogen (secondary N) is 1. The van der Waals surface area contributed by atoms with Crippen LogP contribution in [0.4, 0.5) is 5.82 Å². The van der Waals surface area contributed by atoms with Crippen LogP contribution in [0, 0.1) is 6.92 Å². The lowest BCUT2D eigenvalue weighted by Gasteiger charge is -2.39. The molecule has 156 valence electrons. The van der Waals surface area contributed by atoms with E-state index in [1.165, 1.54) is 6.33 Å². The van der Waals surface area contributed by atoms with Gasteiger partial charge >= 0.3 is 0 Å². The number of aryl methyl sites for hydroxylation is 1. The summed E-state index contributed by atoms with van der Waals surface area (Å²) < 4.78 is 17.1. The Kier molecular flexibility index (Phi) is 4.30. The molecule has 3 heterocycles. The van der Waals surface area contributed by atoms with E-state index < -0.39 is 0 Å². The first-order chi connectivity index (χ1) is 14.5. The molecule has 0 bridgehead atoms. The number of nitrogens with zero attached hydrogens (tertiary/aromatic N) is 3. The maximum absolute atomic E-state index is 13.3. The van der Waals surface area contributed by atoms with E-state index in [4.69, 9.17) is 13.9 Å². The highest BCUT2D eigenvalue weighted by Crippen LogP contribution is 2.40. The Bertz CT molecular complexity index is 1120. The van der Waals surface area contributed by atoms with Crippen molar-refractivity contribution in [2.45, 2.75) is 38.3 Å². The van der Waals surface area contributed by atoms with Gasteiger partial charge in [0.15, 0.2) is 11.5 Å². The minimum Gasteiger partial charge on any atom is -0.493 e. The molecule has 2 aliphatic rings. The fourth-order valence-corrected chi connectivity index (χ4v) is 3.73. The molecule has 30 heavy (non-hydrogen) atoms. The number of ether oxygens (including phenoxy) is 2. The number of methoxy groups -OCH3 is 1. The predicted molar refractivity (Wildman–Crippen MR) is 111 cm³/mol. The summed E-state index contributed by atoms with van der Waals surface area (Å²) in [5.74, 6) is 2.47. The van der Waals surface area contributed by atoms with Gasteiger partial charge in [-0.2, -0.15) is 0 Å². The number of para-hydroxylation sites is 2. The lowest BCUT2D eigenvalue weighted by molar-refractivity contribution is 0.0169. The van der Waals surface area contributed by atoms with Gasteiger partial charge in [0, 0.05) is 5.54 Å². The maximum atomic E-state index is 13.3. The molecule has 5 rings (SSSR count). The molecule has 1 amide bonds. The summed E-state index contributed by atoms with van der Waals surface area (Å²) in [6.45, 7) is 4.93. The molecule has 8 nitrogen and oxygen atoms in total. The van der Waals surface area contributed by atoms with E-state index in [9.17, 15) is 4.79 Å². The molecule has 1 N–H and O–H groups in total. The SMILES string of the molecule is COc1ccccc1OC1CN(C(=O)c2c(C)oc3ncnc(NC4(C)CC4)c23)C1. The van der Waals surface area contributed by atoms with Gasteiger partial charge in [0.2, 0.25) is 5.71 Å². The molecule has 1 saturated carbocycles. The van der Waals surface area contributed by atoms with Crippen LogP contribution in [0.25, 0.3) is 11.1 Å². The fraction of sp³-hybridized carbons (Fsp3) is 0.409. The van der Waals surface area contributed by atoms with Crippen molar-refractivity contribution in [1.29, 1.82) is 0 Å². The second-order valence-electron chi connectivity index (χ2n) is 8.22. The van der Waals surface area contributed by atoms with Crippen molar-refractivity contribution in [3.05, 3.63) is 41.9 Å². The Morgan fingerprint density at radius 3 is 2.67 bits per heavy atom. The molecule has 1 aromatic carbocycles. The van der Waals surface area contributed by atoms with Crippen LogP contribution in [-0.4, -0.2) is 52.6 Å². The molecule has 1 saturated heterocycles. The average Bonchev–Trinajstić information content (AvgIpc) is 3.32. The minimum atomic E-state index is -0.0927. The van der Waals surface area contributed by atoms with Crippen LogP contribution >= 0.6 is 0 Å². The topological polar surface area (TPSA) is 89.7 Å². The zero-order valence-corrected chi connectivity index (χ0v) is 17.3. The molecular formula is C22H24N4O4. The second-order valence-corrected chi connectivity index (χ2v) is 8.22. The number of carbonyl (C=O) groups is 1. The Morgan fingerprint density at radius 1 is 1.23 bits per heavy atom. The van der Waals surface area contributed by atoms with E-state index in [0.717, 1.165) is 12.8 Å². The standard InChI is InChI=1S/C22H24N4O4/c1-13-17(18-19(25-22(2)8-9-22)23-12-24-20(18)29-13)21(27)26-10-14(11-26)30-16-7-5-4-6-15(16)28-3/h4-7,12,14H,8-11H2,1-3H3,(H,23,24,25). The third-order valence-electron chi connectivity index (χ3n) is 5.80. The van der Waals surface area contributed by atoms with E-state index in [0.29, 0.717) is 52.8 Å². The lowest BCUT2D eigenvalue weighted by atomic mass is 10.1. The van der Waals surface area contributed by atoms with E-state index in [-0.39, 0.29) is 17.6 Å². The van der Waals surface area contributed by atoms with Gasteiger partial charge in [-0.25, -0.2) is 9.97 Å². The van der Waals surface area contributed by atoms with Crippen molar-refractivity contribution in [2.24, 2.45) is 0 Å². The van der Waals surface area contributed by atoms with E-state index in [1.807, 2.05) is 24.3 Å². The van der Waals surface area contributed by atoms with Crippen LogP contribution in [0.5, 0.6) is 11.5 Å². The highest BCUT2D eigenvalue weighted by Gasteiger charge is 2.40. The Hall–Kier alpha value is -3.29. The van der Waals surface area contributed by atoms with Crippen molar-refractivity contribution in [3.63, 3.8) is 0 Å². The van der Waals surface area contributed by atoms with Crippen LogP contribution in [-0.2, 0) is 0 Å². The summed E-state index contributed by atoms with van der Waals surface area (Å²) in [5, 5.41) is 4.11. The molecular weight excluding hydrogens is 384 g/mol. The van der Waals surface area contributed by atoms with Gasteiger partial charge in [0.25, 0.3) is 5.91 Å². The molecule has 0 unspecified atom stereocenters. The summed E-state index contributed by atoms with van der Waals surface area (Å²) >= 11 is 0. The number of furan rings is 1. The Balaban J connectivity index is 1.35. The first kappa shape index (κ1) is 18.7. The smallest absolute Gasteiger partial charge is 0.258 e. The van der Waals surface area contributed by atoms with Crippen molar-refractivity contribution < 1.29 is 18.7 Å². The van der Waals surface area contributed by atoms with E-state index in [2.05, 4.69) is 22.2 Å². The minimum absolute atomic E-state index is 0.0250. The van der Waals surface area contributed by atoms with Crippen LogP contribution in [0.3, 0.4) is 0 Å². The second kappa shape index (κ2) is 6.90. The number of rotatable bonds is 6. The van der Waals surface area contributed by atoms with Gasteiger partial charge < -0.3 is 24.1 Å². The monoisotopic (exact) mass is 408 g/mol. The van der Waals surface area contributed by atoms with Crippen molar-refractivity contribution in [3.8, 4) is 11.5 Å². The number of carbonyl (C=O) groups excluding carboxylic acids is 1. The van der Waals surface area contributed by atoms with Crippen LogP contribution in [0.2, 0.25) is 0 Å². The number of amides is 1. The normalized spacial score (nSPS) is 17.5. The maximum Gasteiger partial charge on any atom is 0.258 e. The number of fused-ring (bicyclic) bond motifs is 1. The Morgan fingerprint density at radius 2 is 1.97 bits per heavy atom. The van der Waals surface area contributed by atoms with Gasteiger partial charge in [0.05, 0.1) is 31.1 Å². The highest BCUT2D eigenvalue weighted by atomic mass is 16.5. The molecule has 2 aromatic heterocycles. The Labute approximate surface area is 174 Å². The van der Waals surface area contributed by atoms with Crippen LogP contribution in [0.15, 0.2) is 35.0 Å². The summed E-state index contributed by atoms with van der Waals surface area (Å²) in [5.41, 5.74) is 0.977. The molecule has 3 aromatic rings. The third kappa shape index (κ3) is 3.22. The first-order valence-electron chi connectivity index (χ1n) is 10.1. The quantitative estimate of drug-likeness (QED) is 0.668. The van der Waals surface area contributed by atoms with Crippen LogP contribution in [0.1, 0.15) is 35.9 Å². The van der Waals surface area contributed by atoms with Crippen molar-refractivity contribution in [1.82, 2.24) is 14.9 Å². The summed E-state index contributed by atoms with van der Waals surface area (Å²) in [6.07, 6.45) is 3.54. The largest absolute Gasteiger partial charge is 0.493 e. The average molecular weight is 408 g/mol. The molecule has 0 spiro atoms. The number of aromatic nitrogens is 2. The zero-order chi connectivity index (χ0) is 20.9. The number of hydrogen-bond donors (Lipinski definition) is 1. The van der Waals surface area contributed by atoms with Crippen LogP contribution < -0.4 is 14.8 Å². The molecule has 0 radical (unpaired) electrons. The highest BCUT2D eigenvalue weighted by molar-refractivity contribution is 6.10. The van der Waals surface area contributed by atoms with Gasteiger partial charge in [-0.15, -0.1) is 0 Å².